The first-order valence-electron chi connectivity index (χ1n) is 7.68. The Kier molecular flexibility index (Phi) is 4.43. The fourth-order valence-corrected chi connectivity index (χ4v) is 3.49. The van der Waals surface area contributed by atoms with Crippen LogP contribution < -0.4 is 5.32 Å². The van der Waals surface area contributed by atoms with Crippen molar-refractivity contribution in [1.82, 2.24) is 10.3 Å². The number of halogens is 4. The monoisotopic (exact) mass is 368 g/mol. The number of aromatic nitrogens is 1. The minimum atomic E-state index is -4.40. The summed E-state index contributed by atoms with van der Waals surface area (Å²) in [5.41, 5.74) is 2.09. The lowest BCUT2D eigenvalue weighted by Gasteiger charge is -2.27. The summed E-state index contributed by atoms with van der Waals surface area (Å²) in [6.07, 6.45) is -3.70. The predicted octanol–water partition coefficient (Wildman–Crippen LogP) is 4.55. The molecule has 25 heavy (non-hydrogen) atoms. The molecule has 0 radical (unpaired) electrons. The fourth-order valence-electron chi connectivity index (χ4n) is 3.49. The number of aromatic amines is 1. The molecule has 3 nitrogen and oxygen atoms in total. The maximum absolute atomic E-state index is 13.4. The molecule has 0 saturated heterocycles. The summed E-state index contributed by atoms with van der Waals surface area (Å²) in [4.78, 5) is 3.23. The van der Waals surface area contributed by atoms with Crippen molar-refractivity contribution in [3.05, 3.63) is 64.8 Å². The summed E-state index contributed by atoms with van der Waals surface area (Å²) in [5, 5.41) is 13.8. The van der Waals surface area contributed by atoms with Crippen LogP contribution in [0.25, 0.3) is 10.9 Å². The van der Waals surface area contributed by atoms with Gasteiger partial charge in [0.2, 0.25) is 0 Å². The molecule has 2 aromatic carbocycles. The second-order valence-corrected chi connectivity index (χ2v) is 5.97. The molecule has 4 rings (SSSR count). The lowest BCUT2D eigenvalue weighted by Crippen LogP contribution is -2.32. The van der Waals surface area contributed by atoms with Crippen molar-refractivity contribution in [2.24, 2.45) is 0 Å². The van der Waals surface area contributed by atoms with Gasteiger partial charge in [0.1, 0.15) is 5.75 Å². The highest BCUT2D eigenvalue weighted by atomic mass is 35.5. The Bertz CT molecular complexity index is 920. The Labute approximate surface area is 148 Å². The maximum atomic E-state index is 13.4. The Morgan fingerprint density at radius 1 is 1.08 bits per heavy atom. The smallest absolute Gasteiger partial charge is 0.416 e. The van der Waals surface area contributed by atoms with Gasteiger partial charge in [-0.25, -0.2) is 0 Å². The summed E-state index contributed by atoms with van der Waals surface area (Å²) in [5.74, 6) is 0.148. The molecule has 7 heteroatoms. The molecule has 0 fully saturated rings. The summed E-state index contributed by atoms with van der Waals surface area (Å²) in [6, 6.07) is 10.1. The van der Waals surface area contributed by atoms with E-state index in [0.717, 1.165) is 28.2 Å². The quantitative estimate of drug-likeness (QED) is 0.590. The lowest BCUT2D eigenvalue weighted by molar-refractivity contribution is -0.138. The number of hydrogen-bond acceptors (Lipinski definition) is 2. The molecule has 0 spiro atoms. The predicted molar refractivity (Wildman–Crippen MR) is 92.2 cm³/mol. The van der Waals surface area contributed by atoms with Gasteiger partial charge in [-0.2, -0.15) is 13.2 Å². The van der Waals surface area contributed by atoms with Crippen molar-refractivity contribution < 1.29 is 18.3 Å². The zero-order valence-electron chi connectivity index (χ0n) is 13.0. The zero-order chi connectivity index (χ0) is 16.9. The molecular formula is C18H16ClF3N2O. The number of H-pyrrole nitrogens is 1. The third-order valence-electron chi connectivity index (χ3n) is 4.51. The van der Waals surface area contributed by atoms with E-state index in [9.17, 15) is 18.3 Å². The van der Waals surface area contributed by atoms with E-state index in [2.05, 4.69) is 10.3 Å². The lowest BCUT2D eigenvalue weighted by atomic mass is 9.91. The van der Waals surface area contributed by atoms with Gasteiger partial charge in [-0.3, -0.25) is 0 Å². The van der Waals surface area contributed by atoms with Gasteiger partial charge in [0, 0.05) is 23.1 Å². The number of benzene rings is 2. The molecule has 0 amide bonds. The van der Waals surface area contributed by atoms with Crippen LogP contribution in [0, 0.1) is 0 Å². The van der Waals surface area contributed by atoms with Crippen LogP contribution in [0.2, 0.25) is 0 Å². The van der Waals surface area contributed by atoms with Crippen LogP contribution in [0.5, 0.6) is 5.75 Å². The molecule has 1 aliphatic heterocycles. The fraction of sp³-hybridized carbons (Fsp3) is 0.222. The van der Waals surface area contributed by atoms with Gasteiger partial charge < -0.3 is 15.4 Å². The highest BCUT2D eigenvalue weighted by Gasteiger charge is 2.37. The molecule has 3 aromatic rings. The van der Waals surface area contributed by atoms with E-state index in [-0.39, 0.29) is 23.7 Å². The first-order chi connectivity index (χ1) is 11.4. The Morgan fingerprint density at radius 2 is 1.84 bits per heavy atom. The van der Waals surface area contributed by atoms with E-state index in [1.165, 1.54) is 12.1 Å². The van der Waals surface area contributed by atoms with Gasteiger partial charge >= 0.3 is 6.18 Å². The molecule has 2 heterocycles. The highest BCUT2D eigenvalue weighted by molar-refractivity contribution is 5.86. The van der Waals surface area contributed by atoms with Gasteiger partial charge in [-0.1, -0.05) is 18.2 Å². The topological polar surface area (TPSA) is 48.0 Å². The molecule has 1 unspecified atom stereocenters. The van der Waals surface area contributed by atoms with E-state index in [4.69, 9.17) is 0 Å². The summed E-state index contributed by atoms with van der Waals surface area (Å²) < 4.78 is 40.1. The van der Waals surface area contributed by atoms with E-state index in [1.807, 2.05) is 0 Å². The number of phenols is 1. The minimum Gasteiger partial charge on any atom is -0.508 e. The van der Waals surface area contributed by atoms with Crippen molar-refractivity contribution in [2.75, 3.05) is 6.54 Å². The van der Waals surface area contributed by atoms with Crippen molar-refractivity contribution in [3.63, 3.8) is 0 Å². The molecule has 0 bridgehead atoms. The van der Waals surface area contributed by atoms with Gasteiger partial charge in [0.25, 0.3) is 0 Å². The van der Waals surface area contributed by atoms with E-state index in [0.29, 0.717) is 13.0 Å². The SMILES string of the molecule is Cl.Oc1ccc2[nH]c3c(c2c1)CCNC3c1ccccc1C(F)(F)F. The van der Waals surface area contributed by atoms with Crippen LogP contribution in [0.1, 0.15) is 28.4 Å². The highest BCUT2D eigenvalue weighted by Crippen LogP contribution is 2.40. The second kappa shape index (κ2) is 6.28. The van der Waals surface area contributed by atoms with E-state index < -0.39 is 17.8 Å². The van der Waals surface area contributed by atoms with Crippen molar-refractivity contribution in [2.45, 2.75) is 18.6 Å². The summed E-state index contributed by atoms with van der Waals surface area (Å²) in [6.45, 7) is 0.576. The standard InChI is InChI=1S/C18H15F3N2O.ClH/c19-18(20,21)14-4-2-1-3-12(14)16-17-11(7-8-22-16)13-9-10(24)5-6-15(13)23-17;/h1-6,9,16,22-24H,7-8H2;1H. The first kappa shape index (κ1) is 17.6. The van der Waals surface area contributed by atoms with Crippen molar-refractivity contribution in [3.8, 4) is 5.75 Å². The second-order valence-electron chi connectivity index (χ2n) is 5.97. The number of phenolic OH excluding ortho intramolecular Hbond substituents is 1. The Balaban J connectivity index is 0.00000182. The molecule has 1 atom stereocenters. The van der Waals surface area contributed by atoms with Gasteiger partial charge in [-0.05, 0) is 41.8 Å². The number of rotatable bonds is 1. The third kappa shape index (κ3) is 2.96. The average molecular weight is 369 g/mol. The van der Waals surface area contributed by atoms with Crippen molar-refractivity contribution in [1.29, 1.82) is 0 Å². The first-order valence-corrected chi connectivity index (χ1v) is 7.68. The van der Waals surface area contributed by atoms with Crippen LogP contribution in [-0.4, -0.2) is 16.6 Å². The minimum absolute atomic E-state index is 0. The third-order valence-corrected chi connectivity index (χ3v) is 4.51. The van der Waals surface area contributed by atoms with Gasteiger partial charge in [0.15, 0.2) is 0 Å². The Hall–Kier alpha value is -2.18. The number of alkyl halides is 3. The van der Waals surface area contributed by atoms with Crippen LogP contribution in [0.4, 0.5) is 13.2 Å². The van der Waals surface area contributed by atoms with Gasteiger partial charge in [-0.15, -0.1) is 12.4 Å². The van der Waals surface area contributed by atoms with Crippen LogP contribution in [0.15, 0.2) is 42.5 Å². The molecule has 0 aliphatic carbocycles. The van der Waals surface area contributed by atoms with E-state index in [1.54, 1.807) is 24.3 Å². The number of hydrogen-bond donors (Lipinski definition) is 3. The van der Waals surface area contributed by atoms with Crippen LogP contribution in [0.3, 0.4) is 0 Å². The van der Waals surface area contributed by atoms with Crippen LogP contribution >= 0.6 is 12.4 Å². The van der Waals surface area contributed by atoms with Crippen LogP contribution in [-0.2, 0) is 12.6 Å². The maximum Gasteiger partial charge on any atom is 0.416 e. The molecule has 1 aromatic heterocycles. The Morgan fingerprint density at radius 3 is 2.60 bits per heavy atom. The normalized spacial score (nSPS) is 17.2. The molecule has 0 saturated carbocycles. The zero-order valence-corrected chi connectivity index (χ0v) is 13.8. The summed E-state index contributed by atoms with van der Waals surface area (Å²) >= 11 is 0. The average Bonchev–Trinajstić information content (AvgIpc) is 2.92. The summed E-state index contributed by atoms with van der Waals surface area (Å²) in [7, 11) is 0. The number of aromatic hydroxyl groups is 1. The molecule has 1 aliphatic rings. The van der Waals surface area contributed by atoms with E-state index >= 15 is 0 Å². The molecular weight excluding hydrogens is 353 g/mol. The molecule has 132 valence electrons. The number of fused-ring (bicyclic) bond motifs is 3. The molecule has 3 N–H and O–H groups in total. The number of nitrogens with one attached hydrogen (secondary N) is 2. The van der Waals surface area contributed by atoms with Crippen molar-refractivity contribution >= 4 is 23.3 Å². The van der Waals surface area contributed by atoms with Gasteiger partial charge in [0.05, 0.1) is 11.6 Å². The largest absolute Gasteiger partial charge is 0.508 e.